The highest BCUT2D eigenvalue weighted by atomic mass is 35.5. The van der Waals surface area contributed by atoms with Gasteiger partial charge >= 0.3 is 0 Å². The Morgan fingerprint density at radius 3 is 2.79 bits per heavy atom. The normalized spacial score (nSPS) is 10.8. The highest BCUT2D eigenvalue weighted by Crippen LogP contribution is 2.10. The molecule has 102 valence electrons. The van der Waals surface area contributed by atoms with E-state index in [-0.39, 0.29) is 0 Å². The van der Waals surface area contributed by atoms with E-state index >= 15 is 0 Å². The van der Waals surface area contributed by atoms with Crippen LogP contribution in [0, 0.1) is 0 Å². The molecule has 0 saturated carbocycles. The van der Waals surface area contributed by atoms with E-state index in [0.29, 0.717) is 0 Å². The summed E-state index contributed by atoms with van der Waals surface area (Å²) in [6.45, 7) is 3.14. The lowest BCUT2D eigenvalue weighted by Gasteiger charge is -2.02. The van der Waals surface area contributed by atoms with Crippen LogP contribution >= 0.6 is 11.6 Å². The molecule has 4 nitrogen and oxygen atoms in total. The number of aromatic nitrogens is 2. The highest BCUT2D eigenvalue weighted by Gasteiger charge is 2.00. The zero-order valence-corrected chi connectivity index (χ0v) is 11.7. The Kier molecular flexibility index (Phi) is 5.39. The summed E-state index contributed by atoms with van der Waals surface area (Å²) >= 11 is 5.86. The average Bonchev–Trinajstić information content (AvgIpc) is 2.85. The van der Waals surface area contributed by atoms with Crippen molar-refractivity contribution in [2.75, 3.05) is 20.3 Å². The molecule has 0 atom stereocenters. The molecule has 0 amide bonds. The fraction of sp³-hybridized carbons (Fsp3) is 0.357. The highest BCUT2D eigenvalue weighted by molar-refractivity contribution is 6.30. The molecule has 1 aromatic carbocycles. The summed E-state index contributed by atoms with van der Waals surface area (Å²) in [4.78, 5) is 0. The molecule has 0 spiro atoms. The number of nitrogens with zero attached hydrogens (tertiary/aromatic N) is 2. The summed E-state index contributed by atoms with van der Waals surface area (Å²) in [6.07, 6.45) is 3.93. The van der Waals surface area contributed by atoms with Gasteiger partial charge in [0, 0.05) is 37.0 Å². The molecule has 0 radical (unpaired) electrons. The first-order valence-corrected chi connectivity index (χ1v) is 6.61. The Balaban J connectivity index is 1.85. The predicted octanol–water partition coefficient (Wildman–Crippen LogP) is 2.32. The Morgan fingerprint density at radius 1 is 1.26 bits per heavy atom. The summed E-state index contributed by atoms with van der Waals surface area (Å²) < 4.78 is 6.91. The number of benzene rings is 1. The number of halogens is 1. The molecular formula is C14H18ClN3O. The van der Waals surface area contributed by atoms with Gasteiger partial charge in [-0.2, -0.15) is 5.10 Å². The van der Waals surface area contributed by atoms with Gasteiger partial charge in [-0.15, -0.1) is 0 Å². The lowest BCUT2D eigenvalue weighted by molar-refractivity contribution is 0.199. The molecule has 0 bridgehead atoms. The molecule has 2 rings (SSSR count). The third-order valence-corrected chi connectivity index (χ3v) is 3.01. The van der Waals surface area contributed by atoms with Crippen LogP contribution in [0.1, 0.15) is 11.1 Å². The van der Waals surface area contributed by atoms with Gasteiger partial charge in [-0.1, -0.05) is 23.7 Å². The maximum atomic E-state index is 5.86. The monoisotopic (exact) mass is 279 g/mol. The van der Waals surface area contributed by atoms with Crippen LogP contribution in [0.4, 0.5) is 0 Å². The van der Waals surface area contributed by atoms with Crippen molar-refractivity contribution in [1.29, 1.82) is 0 Å². The first kappa shape index (κ1) is 14.1. The van der Waals surface area contributed by atoms with Gasteiger partial charge in [-0.25, -0.2) is 0 Å². The molecular weight excluding hydrogens is 262 g/mol. The van der Waals surface area contributed by atoms with Crippen molar-refractivity contribution >= 4 is 11.6 Å². The second-order valence-corrected chi connectivity index (χ2v) is 4.78. The van der Waals surface area contributed by atoms with Gasteiger partial charge in [0.05, 0.1) is 19.3 Å². The van der Waals surface area contributed by atoms with Crippen molar-refractivity contribution < 1.29 is 4.74 Å². The Morgan fingerprint density at radius 2 is 2.05 bits per heavy atom. The summed E-state index contributed by atoms with van der Waals surface area (Å²) in [5.41, 5.74) is 2.36. The quantitative estimate of drug-likeness (QED) is 0.791. The molecule has 1 N–H and O–H groups in total. The predicted molar refractivity (Wildman–Crippen MR) is 76.4 cm³/mol. The molecule has 0 aliphatic heterocycles. The fourth-order valence-corrected chi connectivity index (χ4v) is 1.89. The molecule has 19 heavy (non-hydrogen) atoms. The van der Waals surface area contributed by atoms with Crippen molar-refractivity contribution in [2.24, 2.45) is 0 Å². The van der Waals surface area contributed by atoms with Gasteiger partial charge in [0.1, 0.15) is 0 Å². The van der Waals surface area contributed by atoms with Crippen LogP contribution in [0.2, 0.25) is 5.02 Å². The Labute approximate surface area is 118 Å². The molecule has 1 aromatic heterocycles. The lowest BCUT2D eigenvalue weighted by atomic mass is 10.2. The summed E-state index contributed by atoms with van der Waals surface area (Å²) in [7, 11) is 1.70. The van der Waals surface area contributed by atoms with E-state index in [1.54, 1.807) is 7.11 Å². The van der Waals surface area contributed by atoms with Crippen molar-refractivity contribution in [3.8, 4) is 0 Å². The second-order valence-electron chi connectivity index (χ2n) is 4.34. The van der Waals surface area contributed by atoms with E-state index in [1.165, 1.54) is 11.1 Å². The fourth-order valence-electron chi connectivity index (χ4n) is 1.77. The van der Waals surface area contributed by atoms with E-state index in [4.69, 9.17) is 16.3 Å². The Bertz CT molecular complexity index is 496. The van der Waals surface area contributed by atoms with E-state index in [1.807, 2.05) is 35.1 Å². The van der Waals surface area contributed by atoms with Crippen LogP contribution in [0.25, 0.3) is 0 Å². The van der Waals surface area contributed by atoms with Crippen molar-refractivity contribution in [2.45, 2.75) is 13.1 Å². The molecule has 0 unspecified atom stereocenters. The van der Waals surface area contributed by atoms with Crippen molar-refractivity contribution in [1.82, 2.24) is 15.1 Å². The van der Waals surface area contributed by atoms with Gasteiger partial charge in [0.2, 0.25) is 0 Å². The van der Waals surface area contributed by atoms with Gasteiger partial charge in [0.25, 0.3) is 0 Å². The SMILES string of the molecule is COCCNCc1cnn(Cc2ccc(Cl)cc2)c1. The molecule has 1 heterocycles. The molecule has 0 aliphatic carbocycles. The summed E-state index contributed by atoms with van der Waals surface area (Å²) in [5.74, 6) is 0. The van der Waals surface area contributed by atoms with Crippen LogP contribution in [-0.2, 0) is 17.8 Å². The third-order valence-electron chi connectivity index (χ3n) is 2.76. The molecule has 2 aromatic rings. The lowest BCUT2D eigenvalue weighted by Crippen LogP contribution is -2.18. The minimum atomic E-state index is 0.721. The number of nitrogens with one attached hydrogen (secondary N) is 1. The third kappa shape index (κ3) is 4.67. The zero-order valence-electron chi connectivity index (χ0n) is 11.0. The number of ether oxygens (including phenoxy) is 1. The van der Waals surface area contributed by atoms with Crippen LogP contribution < -0.4 is 5.32 Å². The van der Waals surface area contributed by atoms with Crippen LogP contribution in [0.15, 0.2) is 36.7 Å². The summed E-state index contributed by atoms with van der Waals surface area (Å²) in [6, 6.07) is 7.82. The average molecular weight is 280 g/mol. The number of hydrogen-bond donors (Lipinski definition) is 1. The first-order chi connectivity index (χ1) is 9.28. The van der Waals surface area contributed by atoms with Gasteiger partial charge in [-0.3, -0.25) is 4.68 Å². The van der Waals surface area contributed by atoms with Crippen LogP contribution in [0.3, 0.4) is 0 Å². The standard InChI is InChI=1S/C14H18ClN3O/c1-19-7-6-16-8-13-9-17-18(11-13)10-12-2-4-14(15)5-3-12/h2-5,9,11,16H,6-8,10H2,1H3. The van der Waals surface area contributed by atoms with Crippen molar-refractivity contribution in [3.05, 3.63) is 52.8 Å². The Hall–Kier alpha value is -1.36. The first-order valence-electron chi connectivity index (χ1n) is 6.23. The van der Waals surface area contributed by atoms with Crippen LogP contribution in [0.5, 0.6) is 0 Å². The topological polar surface area (TPSA) is 39.1 Å². The number of hydrogen-bond acceptors (Lipinski definition) is 3. The van der Waals surface area contributed by atoms with E-state index in [0.717, 1.165) is 31.3 Å². The maximum absolute atomic E-state index is 5.86. The number of methoxy groups -OCH3 is 1. The smallest absolute Gasteiger partial charge is 0.0659 e. The molecule has 0 fully saturated rings. The van der Waals surface area contributed by atoms with E-state index in [9.17, 15) is 0 Å². The van der Waals surface area contributed by atoms with Gasteiger partial charge < -0.3 is 10.1 Å². The zero-order chi connectivity index (χ0) is 13.5. The number of rotatable bonds is 7. The van der Waals surface area contributed by atoms with Crippen LogP contribution in [-0.4, -0.2) is 30.0 Å². The second kappa shape index (κ2) is 7.28. The van der Waals surface area contributed by atoms with E-state index < -0.39 is 0 Å². The minimum absolute atomic E-state index is 0.721. The largest absolute Gasteiger partial charge is 0.383 e. The van der Waals surface area contributed by atoms with Gasteiger partial charge in [0.15, 0.2) is 0 Å². The minimum Gasteiger partial charge on any atom is -0.383 e. The summed E-state index contributed by atoms with van der Waals surface area (Å²) in [5, 5.41) is 8.39. The molecule has 0 aliphatic rings. The molecule has 0 saturated heterocycles. The molecule has 5 heteroatoms. The maximum Gasteiger partial charge on any atom is 0.0659 e. The van der Waals surface area contributed by atoms with E-state index in [2.05, 4.69) is 16.6 Å². The van der Waals surface area contributed by atoms with Gasteiger partial charge in [-0.05, 0) is 17.7 Å². The van der Waals surface area contributed by atoms with Crippen molar-refractivity contribution in [3.63, 3.8) is 0 Å².